The lowest BCUT2D eigenvalue weighted by atomic mass is 10.2. The summed E-state index contributed by atoms with van der Waals surface area (Å²) in [4.78, 5) is 10.2. The first-order valence-corrected chi connectivity index (χ1v) is 4.25. The van der Waals surface area contributed by atoms with Crippen LogP contribution in [0.5, 0.6) is 5.75 Å². The van der Waals surface area contributed by atoms with Crippen molar-refractivity contribution in [2.75, 3.05) is 0 Å². The Morgan fingerprint density at radius 1 is 1.50 bits per heavy atom. The Bertz CT molecular complexity index is 306. The lowest BCUT2D eigenvalue weighted by molar-refractivity contribution is -0.105. The van der Waals surface area contributed by atoms with Gasteiger partial charge in [-0.1, -0.05) is 24.8 Å². The number of ether oxygens (including phenoxy) is 1. The van der Waals surface area contributed by atoms with Gasteiger partial charge in [-0.15, -0.1) is 0 Å². The Labute approximate surface area is 82.6 Å². The maximum Gasteiger partial charge on any atom is 0.201 e. The molecule has 0 bridgehead atoms. The van der Waals surface area contributed by atoms with E-state index < -0.39 is 6.29 Å². The summed E-state index contributed by atoms with van der Waals surface area (Å²) in [6.45, 7) is 3.45. The number of hydrogen-bond donors (Lipinski definition) is 1. The lowest BCUT2D eigenvalue weighted by Crippen LogP contribution is -2.16. The minimum Gasteiger partial charge on any atom is -0.465 e. The smallest absolute Gasteiger partial charge is 0.201 e. The lowest BCUT2D eigenvalue weighted by Gasteiger charge is -2.12. The molecule has 0 aromatic heterocycles. The zero-order valence-corrected chi connectivity index (χ0v) is 7.72. The van der Waals surface area contributed by atoms with Crippen molar-refractivity contribution >= 4 is 6.29 Å². The van der Waals surface area contributed by atoms with Crippen molar-refractivity contribution in [1.82, 2.24) is 0 Å². The van der Waals surface area contributed by atoms with Crippen LogP contribution in [0.4, 0.5) is 0 Å². The molecule has 0 amide bonds. The normalized spacial score (nSPS) is 11.8. The highest BCUT2D eigenvalue weighted by molar-refractivity contribution is 5.71. The largest absolute Gasteiger partial charge is 0.465 e. The van der Waals surface area contributed by atoms with Crippen LogP contribution >= 0.6 is 0 Å². The van der Waals surface area contributed by atoms with E-state index in [0.29, 0.717) is 17.6 Å². The maximum absolute atomic E-state index is 10.2. The molecule has 0 aliphatic carbocycles. The van der Waals surface area contributed by atoms with Gasteiger partial charge in [-0.25, -0.2) is 0 Å². The van der Waals surface area contributed by atoms with Crippen molar-refractivity contribution in [3.63, 3.8) is 0 Å². The Kier molecular flexibility index (Phi) is 3.88. The van der Waals surface area contributed by atoms with E-state index in [1.807, 2.05) is 6.07 Å². The second kappa shape index (κ2) is 5.19. The number of aliphatic hydroxyl groups excluding tert-OH is 1. The molecule has 0 fully saturated rings. The van der Waals surface area contributed by atoms with Crippen LogP contribution in [-0.2, 0) is 4.79 Å². The first-order valence-electron chi connectivity index (χ1n) is 4.25. The van der Waals surface area contributed by atoms with Crippen molar-refractivity contribution < 1.29 is 14.6 Å². The second-order valence-corrected chi connectivity index (χ2v) is 2.87. The van der Waals surface area contributed by atoms with Gasteiger partial charge in [0.1, 0.15) is 12.0 Å². The number of aldehydes is 1. The predicted octanol–water partition coefficient (Wildman–Crippen LogP) is 1.53. The highest BCUT2D eigenvalue weighted by Crippen LogP contribution is 2.12. The average Bonchev–Trinajstić information content (AvgIpc) is 2.19. The molecule has 0 spiro atoms. The first kappa shape index (κ1) is 10.5. The molecule has 0 aliphatic heterocycles. The summed E-state index contributed by atoms with van der Waals surface area (Å²) < 4.78 is 5.12. The molecule has 14 heavy (non-hydrogen) atoms. The molecule has 1 N–H and O–H groups in total. The molecule has 0 radical (unpaired) electrons. The van der Waals surface area contributed by atoms with E-state index >= 15 is 0 Å². The molecule has 0 saturated heterocycles. The Hall–Kier alpha value is -1.61. The number of carbonyl (C=O) groups is 1. The van der Waals surface area contributed by atoms with Crippen molar-refractivity contribution in [1.29, 1.82) is 0 Å². The Balaban J connectivity index is 2.45. The summed E-state index contributed by atoms with van der Waals surface area (Å²) in [5.41, 5.74) is 0.313. The minimum atomic E-state index is -1.02. The van der Waals surface area contributed by atoms with Crippen LogP contribution in [0.2, 0.25) is 0 Å². The van der Waals surface area contributed by atoms with Gasteiger partial charge in [0.25, 0.3) is 0 Å². The van der Waals surface area contributed by atoms with Gasteiger partial charge in [0.05, 0.1) is 0 Å². The number of carbonyl (C=O) groups excluding carboxylic acids is 1. The van der Waals surface area contributed by atoms with Crippen molar-refractivity contribution in [3.05, 3.63) is 42.5 Å². The van der Waals surface area contributed by atoms with Gasteiger partial charge >= 0.3 is 0 Å². The van der Waals surface area contributed by atoms with Crippen molar-refractivity contribution in [3.8, 4) is 5.75 Å². The number of hydrogen-bond acceptors (Lipinski definition) is 3. The van der Waals surface area contributed by atoms with E-state index in [4.69, 9.17) is 4.74 Å². The fraction of sp³-hybridized carbons (Fsp3) is 0.182. The van der Waals surface area contributed by atoms with E-state index in [9.17, 15) is 9.90 Å². The van der Waals surface area contributed by atoms with E-state index in [0.717, 1.165) is 0 Å². The van der Waals surface area contributed by atoms with E-state index in [1.54, 1.807) is 24.3 Å². The van der Waals surface area contributed by atoms with E-state index in [1.165, 1.54) is 0 Å². The average molecular weight is 192 g/mol. The second-order valence-electron chi connectivity index (χ2n) is 2.87. The minimum absolute atomic E-state index is 0.123. The van der Waals surface area contributed by atoms with Crippen LogP contribution in [0.1, 0.15) is 6.42 Å². The third-order valence-corrected chi connectivity index (χ3v) is 1.62. The van der Waals surface area contributed by atoms with Crippen LogP contribution < -0.4 is 4.74 Å². The standard InChI is InChI=1S/C11H12O3/c1-9(8-12)7-11(13)14-10-5-3-2-4-6-10/h2-6,8,11,13H,1,7H2. The summed E-state index contributed by atoms with van der Waals surface area (Å²) >= 11 is 0. The number of benzene rings is 1. The molecule has 0 heterocycles. The monoisotopic (exact) mass is 192 g/mol. The molecule has 0 aliphatic rings. The molecule has 74 valence electrons. The summed E-state index contributed by atoms with van der Waals surface area (Å²) in [6, 6.07) is 8.91. The molecule has 3 heteroatoms. The van der Waals surface area contributed by atoms with Gasteiger partial charge in [0.15, 0.2) is 0 Å². The highest BCUT2D eigenvalue weighted by atomic mass is 16.6. The molecular formula is C11H12O3. The van der Waals surface area contributed by atoms with E-state index in [2.05, 4.69) is 6.58 Å². The van der Waals surface area contributed by atoms with Crippen molar-refractivity contribution in [2.24, 2.45) is 0 Å². The van der Waals surface area contributed by atoms with Gasteiger partial charge in [-0.05, 0) is 17.7 Å². The van der Waals surface area contributed by atoms with Gasteiger partial charge in [-0.3, -0.25) is 4.79 Å². The Morgan fingerprint density at radius 2 is 2.14 bits per heavy atom. The number of aliphatic hydroxyl groups is 1. The fourth-order valence-electron chi connectivity index (χ4n) is 0.970. The quantitative estimate of drug-likeness (QED) is 0.437. The third kappa shape index (κ3) is 3.41. The molecule has 0 saturated carbocycles. The van der Waals surface area contributed by atoms with Gasteiger partial charge in [0, 0.05) is 6.42 Å². The molecule has 3 nitrogen and oxygen atoms in total. The summed E-state index contributed by atoms with van der Waals surface area (Å²) in [6.07, 6.45) is -0.286. The zero-order chi connectivity index (χ0) is 10.4. The first-order chi connectivity index (χ1) is 6.72. The zero-order valence-electron chi connectivity index (χ0n) is 7.72. The molecule has 1 aromatic carbocycles. The number of rotatable bonds is 5. The van der Waals surface area contributed by atoms with E-state index in [-0.39, 0.29) is 6.42 Å². The van der Waals surface area contributed by atoms with Gasteiger partial charge in [0.2, 0.25) is 6.29 Å². The van der Waals surface area contributed by atoms with Crippen LogP contribution in [0, 0.1) is 0 Å². The summed E-state index contributed by atoms with van der Waals surface area (Å²) in [5.74, 6) is 0.568. The summed E-state index contributed by atoms with van der Waals surface area (Å²) in [7, 11) is 0. The number of para-hydroxylation sites is 1. The predicted molar refractivity (Wildman–Crippen MR) is 52.9 cm³/mol. The van der Waals surface area contributed by atoms with Crippen LogP contribution in [-0.4, -0.2) is 17.7 Å². The topological polar surface area (TPSA) is 46.5 Å². The Morgan fingerprint density at radius 3 is 2.71 bits per heavy atom. The van der Waals surface area contributed by atoms with Crippen LogP contribution in [0.25, 0.3) is 0 Å². The SMILES string of the molecule is C=C(C=O)CC(O)Oc1ccccc1. The molecule has 1 rings (SSSR count). The highest BCUT2D eigenvalue weighted by Gasteiger charge is 2.06. The molecular weight excluding hydrogens is 180 g/mol. The fourth-order valence-corrected chi connectivity index (χ4v) is 0.970. The van der Waals surface area contributed by atoms with Crippen molar-refractivity contribution in [2.45, 2.75) is 12.7 Å². The van der Waals surface area contributed by atoms with Gasteiger partial charge in [-0.2, -0.15) is 0 Å². The third-order valence-electron chi connectivity index (χ3n) is 1.62. The van der Waals surface area contributed by atoms with Crippen LogP contribution in [0.15, 0.2) is 42.5 Å². The molecule has 1 aromatic rings. The van der Waals surface area contributed by atoms with Crippen LogP contribution in [0.3, 0.4) is 0 Å². The summed E-state index contributed by atoms with van der Waals surface area (Å²) in [5, 5.41) is 9.36. The molecule has 1 atom stereocenters. The maximum atomic E-state index is 10.2. The van der Waals surface area contributed by atoms with Gasteiger partial charge < -0.3 is 9.84 Å². The molecule has 1 unspecified atom stereocenters.